The molecule has 0 spiro atoms. The maximum atomic E-state index is 12.0. The number of ether oxygens (including phenoxy) is 1. The highest BCUT2D eigenvalue weighted by molar-refractivity contribution is 5.81. The Morgan fingerprint density at radius 2 is 2.19 bits per heavy atom. The van der Waals surface area contributed by atoms with Crippen molar-refractivity contribution < 1.29 is 9.53 Å². The average Bonchev–Trinajstić information content (AvgIpc) is 3.09. The van der Waals surface area contributed by atoms with Crippen LogP contribution >= 0.6 is 0 Å². The monoisotopic (exact) mass is 225 g/mol. The minimum atomic E-state index is -0.380. The normalized spacial score (nSPS) is 34.8. The molecule has 0 aromatic rings. The Bertz CT molecular complexity index is 263. The third-order valence-corrected chi connectivity index (χ3v) is 4.00. The SMILES string of the molecule is COC(=O)C1(NCC2CC2)CCCC(C)C1. The quantitative estimate of drug-likeness (QED) is 0.745. The van der Waals surface area contributed by atoms with Gasteiger partial charge in [0, 0.05) is 0 Å². The van der Waals surface area contributed by atoms with E-state index in [1.54, 1.807) is 0 Å². The molecule has 0 aromatic carbocycles. The van der Waals surface area contributed by atoms with E-state index in [4.69, 9.17) is 4.74 Å². The summed E-state index contributed by atoms with van der Waals surface area (Å²) < 4.78 is 4.99. The minimum absolute atomic E-state index is 0.0558. The number of carbonyl (C=O) groups excluding carboxylic acids is 1. The molecule has 3 heteroatoms. The Morgan fingerprint density at radius 1 is 1.44 bits per heavy atom. The lowest BCUT2D eigenvalue weighted by atomic mass is 9.76. The molecule has 0 aromatic heterocycles. The Morgan fingerprint density at radius 3 is 2.75 bits per heavy atom. The first kappa shape index (κ1) is 11.9. The Balaban J connectivity index is 2.00. The molecular formula is C13H23NO2. The first-order valence-corrected chi connectivity index (χ1v) is 6.50. The van der Waals surface area contributed by atoms with Gasteiger partial charge in [-0.25, -0.2) is 0 Å². The zero-order chi connectivity index (χ0) is 11.6. The van der Waals surface area contributed by atoms with Gasteiger partial charge in [0.05, 0.1) is 7.11 Å². The van der Waals surface area contributed by atoms with Gasteiger partial charge in [-0.15, -0.1) is 0 Å². The highest BCUT2D eigenvalue weighted by atomic mass is 16.5. The van der Waals surface area contributed by atoms with Crippen molar-refractivity contribution in [2.45, 2.75) is 51.0 Å². The molecule has 0 heterocycles. The molecule has 2 aliphatic carbocycles. The van der Waals surface area contributed by atoms with Crippen LogP contribution in [0.3, 0.4) is 0 Å². The summed E-state index contributed by atoms with van der Waals surface area (Å²) in [5.74, 6) is 1.37. The van der Waals surface area contributed by atoms with Crippen molar-refractivity contribution >= 4 is 5.97 Å². The summed E-state index contributed by atoms with van der Waals surface area (Å²) in [5.41, 5.74) is -0.380. The second-order valence-corrected chi connectivity index (χ2v) is 5.60. The first-order valence-electron chi connectivity index (χ1n) is 6.50. The van der Waals surface area contributed by atoms with Crippen molar-refractivity contribution in [3.63, 3.8) is 0 Å². The summed E-state index contributed by atoms with van der Waals surface area (Å²) in [4.78, 5) is 12.0. The maximum absolute atomic E-state index is 12.0. The van der Waals surface area contributed by atoms with Gasteiger partial charge in [-0.05, 0) is 44.1 Å². The highest BCUT2D eigenvalue weighted by Gasteiger charge is 2.43. The summed E-state index contributed by atoms with van der Waals surface area (Å²) in [6.45, 7) is 3.22. The van der Waals surface area contributed by atoms with Gasteiger partial charge in [-0.2, -0.15) is 0 Å². The summed E-state index contributed by atoms with van der Waals surface area (Å²) in [5, 5.41) is 3.50. The van der Waals surface area contributed by atoms with Gasteiger partial charge in [0.15, 0.2) is 0 Å². The molecule has 2 fully saturated rings. The topological polar surface area (TPSA) is 38.3 Å². The van der Waals surface area contributed by atoms with Crippen LogP contribution in [0.4, 0.5) is 0 Å². The molecule has 0 aliphatic heterocycles. The molecule has 0 amide bonds. The summed E-state index contributed by atoms with van der Waals surface area (Å²) in [6.07, 6.45) is 6.89. The lowest BCUT2D eigenvalue weighted by Gasteiger charge is -2.38. The molecule has 0 radical (unpaired) electrons. The Kier molecular flexibility index (Phi) is 3.53. The number of carbonyl (C=O) groups is 1. The second-order valence-electron chi connectivity index (χ2n) is 5.60. The van der Waals surface area contributed by atoms with Gasteiger partial charge in [0.2, 0.25) is 0 Å². The van der Waals surface area contributed by atoms with Crippen LogP contribution in [-0.2, 0) is 9.53 Å². The van der Waals surface area contributed by atoms with Gasteiger partial charge in [0.25, 0.3) is 0 Å². The van der Waals surface area contributed by atoms with E-state index in [-0.39, 0.29) is 11.5 Å². The van der Waals surface area contributed by atoms with E-state index in [9.17, 15) is 4.79 Å². The zero-order valence-electron chi connectivity index (χ0n) is 10.4. The number of rotatable bonds is 4. The van der Waals surface area contributed by atoms with Crippen LogP contribution in [0.1, 0.15) is 45.4 Å². The third-order valence-electron chi connectivity index (χ3n) is 4.00. The molecule has 0 saturated heterocycles. The molecule has 92 valence electrons. The van der Waals surface area contributed by atoms with Gasteiger partial charge in [0.1, 0.15) is 5.54 Å². The van der Waals surface area contributed by atoms with Crippen LogP contribution in [0.2, 0.25) is 0 Å². The molecule has 0 bridgehead atoms. The van der Waals surface area contributed by atoms with E-state index in [0.29, 0.717) is 5.92 Å². The van der Waals surface area contributed by atoms with E-state index in [2.05, 4.69) is 12.2 Å². The molecule has 2 saturated carbocycles. The smallest absolute Gasteiger partial charge is 0.326 e. The molecule has 16 heavy (non-hydrogen) atoms. The molecule has 3 nitrogen and oxygen atoms in total. The highest BCUT2D eigenvalue weighted by Crippen LogP contribution is 2.35. The number of hydrogen-bond donors (Lipinski definition) is 1. The van der Waals surface area contributed by atoms with Crippen LogP contribution in [-0.4, -0.2) is 25.2 Å². The fraction of sp³-hybridized carbons (Fsp3) is 0.923. The number of methoxy groups -OCH3 is 1. The first-order chi connectivity index (χ1) is 7.66. The van der Waals surface area contributed by atoms with E-state index in [1.165, 1.54) is 26.4 Å². The van der Waals surface area contributed by atoms with Crippen LogP contribution in [0.15, 0.2) is 0 Å². The largest absolute Gasteiger partial charge is 0.468 e. The molecule has 2 unspecified atom stereocenters. The van der Waals surface area contributed by atoms with Gasteiger partial charge in [-0.3, -0.25) is 4.79 Å². The predicted octanol–water partition coefficient (Wildman–Crippen LogP) is 2.11. The van der Waals surface area contributed by atoms with E-state index in [0.717, 1.165) is 31.7 Å². The lowest BCUT2D eigenvalue weighted by Crippen LogP contribution is -2.55. The van der Waals surface area contributed by atoms with Gasteiger partial charge < -0.3 is 10.1 Å². The summed E-state index contributed by atoms with van der Waals surface area (Å²) in [6, 6.07) is 0. The van der Waals surface area contributed by atoms with Gasteiger partial charge in [-0.1, -0.05) is 19.8 Å². The predicted molar refractivity (Wildman–Crippen MR) is 63.1 cm³/mol. The Hall–Kier alpha value is -0.570. The second kappa shape index (κ2) is 4.74. The number of esters is 1. The fourth-order valence-electron chi connectivity index (χ4n) is 2.83. The number of hydrogen-bond acceptors (Lipinski definition) is 3. The summed E-state index contributed by atoms with van der Waals surface area (Å²) >= 11 is 0. The number of nitrogens with one attached hydrogen (secondary N) is 1. The van der Waals surface area contributed by atoms with Crippen molar-refractivity contribution in [1.82, 2.24) is 5.32 Å². The van der Waals surface area contributed by atoms with Crippen molar-refractivity contribution in [3.8, 4) is 0 Å². The van der Waals surface area contributed by atoms with Crippen molar-refractivity contribution in [1.29, 1.82) is 0 Å². The van der Waals surface area contributed by atoms with Gasteiger partial charge >= 0.3 is 5.97 Å². The lowest BCUT2D eigenvalue weighted by molar-refractivity contribution is -0.151. The van der Waals surface area contributed by atoms with Crippen molar-refractivity contribution in [2.75, 3.05) is 13.7 Å². The van der Waals surface area contributed by atoms with Crippen LogP contribution in [0.25, 0.3) is 0 Å². The maximum Gasteiger partial charge on any atom is 0.326 e. The molecular weight excluding hydrogens is 202 g/mol. The fourth-order valence-corrected chi connectivity index (χ4v) is 2.83. The average molecular weight is 225 g/mol. The van der Waals surface area contributed by atoms with Crippen molar-refractivity contribution in [3.05, 3.63) is 0 Å². The van der Waals surface area contributed by atoms with E-state index >= 15 is 0 Å². The molecule has 1 N–H and O–H groups in total. The minimum Gasteiger partial charge on any atom is -0.468 e. The molecule has 2 rings (SSSR count). The standard InChI is InChI=1S/C13H23NO2/c1-10-4-3-7-13(8-10,12(15)16-2)14-9-11-5-6-11/h10-11,14H,3-9H2,1-2H3. The van der Waals surface area contributed by atoms with Crippen LogP contribution in [0.5, 0.6) is 0 Å². The van der Waals surface area contributed by atoms with Crippen LogP contribution in [0, 0.1) is 11.8 Å². The Labute approximate surface area is 97.9 Å². The zero-order valence-corrected chi connectivity index (χ0v) is 10.4. The van der Waals surface area contributed by atoms with E-state index in [1.807, 2.05) is 0 Å². The molecule has 2 atom stereocenters. The van der Waals surface area contributed by atoms with Crippen molar-refractivity contribution in [2.24, 2.45) is 11.8 Å². The molecule has 2 aliphatic rings. The van der Waals surface area contributed by atoms with Crippen LogP contribution < -0.4 is 5.32 Å². The van der Waals surface area contributed by atoms with E-state index < -0.39 is 0 Å². The summed E-state index contributed by atoms with van der Waals surface area (Å²) in [7, 11) is 1.50. The third kappa shape index (κ3) is 2.57.